The molecule has 0 saturated carbocycles. The van der Waals surface area contributed by atoms with Gasteiger partial charge in [-0.2, -0.15) is 0 Å². The number of carbonyl (C=O) groups is 1. The standard InChI is InChI=1S/C27H33N5O/c1-26(2)23-15-19-14-21-22(30-24(29-21)18-8-7-10-28-17-18)16-20(19)27(26,3)9-13-32(23)25(33)31-11-5-4-6-12-31/h7-8,10,14,16-17,23H,4-6,9,11-13,15H2,1-3H3,(H,29,30)/t23-,27+/m1/s1. The number of pyridine rings is 1. The molecule has 3 aliphatic rings. The number of urea groups is 1. The summed E-state index contributed by atoms with van der Waals surface area (Å²) in [5.41, 5.74) is 5.82. The second-order valence-electron chi connectivity index (χ2n) is 10.9. The lowest BCUT2D eigenvalue weighted by Gasteiger charge is -2.61. The highest BCUT2D eigenvalue weighted by molar-refractivity contribution is 5.82. The fourth-order valence-electron chi connectivity index (χ4n) is 6.55. The number of fused-ring (bicyclic) bond motifs is 5. The van der Waals surface area contributed by atoms with Crippen LogP contribution in [0.25, 0.3) is 22.4 Å². The Hall–Kier alpha value is -2.89. The highest BCUT2D eigenvalue weighted by Crippen LogP contribution is 2.56. The molecule has 2 amide bonds. The number of aromatic nitrogens is 3. The first-order valence-corrected chi connectivity index (χ1v) is 12.4. The molecule has 6 rings (SSSR count). The Kier molecular flexibility index (Phi) is 4.58. The minimum atomic E-state index is -0.0140. The second kappa shape index (κ2) is 7.31. The van der Waals surface area contributed by atoms with Gasteiger partial charge in [0.2, 0.25) is 0 Å². The third-order valence-electron chi connectivity index (χ3n) is 9.01. The summed E-state index contributed by atoms with van der Waals surface area (Å²) in [6.07, 6.45) is 9.01. The van der Waals surface area contributed by atoms with Crippen molar-refractivity contribution >= 4 is 17.1 Å². The number of amides is 2. The smallest absolute Gasteiger partial charge is 0.320 e. The van der Waals surface area contributed by atoms with Crippen LogP contribution in [0.3, 0.4) is 0 Å². The summed E-state index contributed by atoms with van der Waals surface area (Å²) in [4.78, 5) is 30.5. The first kappa shape index (κ1) is 20.7. The minimum Gasteiger partial charge on any atom is -0.338 e. The zero-order valence-corrected chi connectivity index (χ0v) is 19.9. The average Bonchev–Trinajstić information content (AvgIpc) is 3.25. The quantitative estimate of drug-likeness (QED) is 0.566. The number of piperidine rings is 2. The number of hydrogen-bond donors (Lipinski definition) is 1. The summed E-state index contributed by atoms with van der Waals surface area (Å²) in [5, 5.41) is 0. The average molecular weight is 444 g/mol. The lowest BCUT2D eigenvalue weighted by atomic mass is 9.51. The topological polar surface area (TPSA) is 65.1 Å². The number of nitrogens with zero attached hydrogens (tertiary/aromatic N) is 4. The number of carbonyl (C=O) groups excluding carboxylic acids is 1. The Morgan fingerprint density at radius 3 is 2.70 bits per heavy atom. The molecule has 0 unspecified atom stereocenters. The number of H-pyrrole nitrogens is 1. The van der Waals surface area contributed by atoms with E-state index in [0.717, 1.165) is 67.7 Å². The maximum absolute atomic E-state index is 13.6. The first-order valence-electron chi connectivity index (χ1n) is 12.4. The van der Waals surface area contributed by atoms with Gasteiger partial charge >= 0.3 is 6.03 Å². The number of nitrogens with one attached hydrogen (secondary N) is 1. The van der Waals surface area contributed by atoms with Gasteiger partial charge in [0.1, 0.15) is 5.82 Å². The molecule has 2 atom stereocenters. The molecule has 2 saturated heterocycles. The molecule has 2 bridgehead atoms. The van der Waals surface area contributed by atoms with Crippen molar-refractivity contribution < 1.29 is 4.79 Å². The first-order chi connectivity index (χ1) is 15.9. The molecule has 2 fully saturated rings. The Morgan fingerprint density at radius 2 is 1.94 bits per heavy atom. The predicted octanol–water partition coefficient (Wildman–Crippen LogP) is 5.15. The van der Waals surface area contributed by atoms with Gasteiger partial charge in [-0.05, 0) is 72.9 Å². The van der Waals surface area contributed by atoms with Crippen LogP contribution in [0.5, 0.6) is 0 Å². The highest BCUT2D eigenvalue weighted by Gasteiger charge is 2.57. The van der Waals surface area contributed by atoms with Crippen LogP contribution < -0.4 is 0 Å². The summed E-state index contributed by atoms with van der Waals surface area (Å²) >= 11 is 0. The van der Waals surface area contributed by atoms with Gasteiger partial charge in [-0.3, -0.25) is 4.98 Å². The number of likely N-dealkylation sites (tertiary alicyclic amines) is 2. The SMILES string of the molecule is CC1(C)[C@H]2Cc3cc4[nH]c(-c5cccnc5)nc4cc3[C@]1(C)CCN2C(=O)N1CCCCC1. The maximum Gasteiger partial charge on any atom is 0.320 e. The van der Waals surface area contributed by atoms with Gasteiger partial charge in [-0.25, -0.2) is 9.78 Å². The van der Waals surface area contributed by atoms with E-state index in [1.807, 2.05) is 18.3 Å². The number of hydrogen-bond acceptors (Lipinski definition) is 3. The van der Waals surface area contributed by atoms with Gasteiger partial charge in [0, 0.05) is 49.0 Å². The van der Waals surface area contributed by atoms with Gasteiger partial charge < -0.3 is 14.8 Å². The normalized spacial score (nSPS) is 26.3. The van der Waals surface area contributed by atoms with Crippen LogP contribution in [0.4, 0.5) is 4.79 Å². The van der Waals surface area contributed by atoms with E-state index in [1.54, 1.807) is 6.20 Å². The summed E-state index contributed by atoms with van der Waals surface area (Å²) in [6, 6.07) is 9.02. The van der Waals surface area contributed by atoms with Gasteiger partial charge in [0.05, 0.1) is 11.0 Å². The van der Waals surface area contributed by atoms with E-state index in [4.69, 9.17) is 4.98 Å². The molecule has 33 heavy (non-hydrogen) atoms. The van der Waals surface area contributed by atoms with Crippen molar-refractivity contribution in [2.75, 3.05) is 19.6 Å². The molecule has 3 aromatic rings. The Morgan fingerprint density at radius 1 is 1.12 bits per heavy atom. The number of rotatable bonds is 1. The number of benzene rings is 1. The Bertz CT molecular complexity index is 1210. The lowest BCUT2D eigenvalue weighted by Crippen LogP contribution is -2.66. The predicted molar refractivity (Wildman–Crippen MR) is 130 cm³/mol. The van der Waals surface area contributed by atoms with Crippen molar-refractivity contribution in [3.63, 3.8) is 0 Å². The van der Waals surface area contributed by atoms with Crippen LogP contribution in [-0.4, -0.2) is 56.5 Å². The number of aromatic amines is 1. The molecular weight excluding hydrogens is 410 g/mol. The molecule has 2 aliphatic heterocycles. The molecule has 172 valence electrons. The third-order valence-corrected chi connectivity index (χ3v) is 9.01. The zero-order chi connectivity index (χ0) is 22.8. The van der Waals surface area contributed by atoms with Gasteiger partial charge in [0.25, 0.3) is 0 Å². The Labute approximate surface area is 195 Å². The van der Waals surface area contributed by atoms with Gasteiger partial charge in [-0.15, -0.1) is 0 Å². The molecule has 2 aromatic heterocycles. The highest BCUT2D eigenvalue weighted by atomic mass is 16.2. The molecule has 4 heterocycles. The zero-order valence-electron chi connectivity index (χ0n) is 19.9. The summed E-state index contributed by atoms with van der Waals surface area (Å²) in [7, 11) is 0. The van der Waals surface area contributed by atoms with Crippen molar-refractivity contribution in [3.05, 3.63) is 47.8 Å². The molecular formula is C27H33N5O. The minimum absolute atomic E-state index is 0.00549. The van der Waals surface area contributed by atoms with Crippen molar-refractivity contribution in [1.29, 1.82) is 0 Å². The van der Waals surface area contributed by atoms with Crippen molar-refractivity contribution in [2.45, 2.75) is 64.3 Å². The summed E-state index contributed by atoms with van der Waals surface area (Å²) < 4.78 is 0. The van der Waals surface area contributed by atoms with Crippen LogP contribution in [0, 0.1) is 5.41 Å². The Balaban J connectivity index is 1.41. The van der Waals surface area contributed by atoms with E-state index in [-0.39, 0.29) is 22.9 Å². The van der Waals surface area contributed by atoms with E-state index >= 15 is 0 Å². The third kappa shape index (κ3) is 3.02. The molecule has 0 spiro atoms. The van der Waals surface area contributed by atoms with E-state index in [2.05, 4.69) is 52.7 Å². The number of imidazole rings is 1. The van der Waals surface area contributed by atoms with E-state index in [1.165, 1.54) is 17.5 Å². The van der Waals surface area contributed by atoms with E-state index < -0.39 is 0 Å². The summed E-state index contributed by atoms with van der Waals surface area (Å²) in [6.45, 7) is 9.78. The van der Waals surface area contributed by atoms with Gasteiger partial charge in [-0.1, -0.05) is 20.8 Å². The van der Waals surface area contributed by atoms with E-state index in [9.17, 15) is 4.79 Å². The van der Waals surface area contributed by atoms with Gasteiger partial charge in [0.15, 0.2) is 0 Å². The largest absolute Gasteiger partial charge is 0.338 e. The molecule has 1 N–H and O–H groups in total. The van der Waals surface area contributed by atoms with Crippen LogP contribution in [0.1, 0.15) is 57.6 Å². The maximum atomic E-state index is 13.6. The fourth-order valence-corrected chi connectivity index (χ4v) is 6.55. The molecule has 6 nitrogen and oxygen atoms in total. The van der Waals surface area contributed by atoms with E-state index in [0.29, 0.717) is 0 Å². The van der Waals surface area contributed by atoms with Crippen LogP contribution >= 0.6 is 0 Å². The van der Waals surface area contributed by atoms with Crippen LogP contribution in [0.15, 0.2) is 36.7 Å². The molecule has 1 aromatic carbocycles. The molecule has 0 radical (unpaired) electrons. The van der Waals surface area contributed by atoms with Crippen molar-refractivity contribution in [1.82, 2.24) is 24.8 Å². The van der Waals surface area contributed by atoms with Crippen LogP contribution in [0.2, 0.25) is 0 Å². The molecule has 6 heteroatoms. The van der Waals surface area contributed by atoms with Crippen LogP contribution in [-0.2, 0) is 11.8 Å². The fraction of sp³-hybridized carbons (Fsp3) is 0.519. The lowest BCUT2D eigenvalue weighted by molar-refractivity contribution is -0.0241. The van der Waals surface area contributed by atoms with Crippen molar-refractivity contribution in [2.24, 2.45) is 5.41 Å². The monoisotopic (exact) mass is 443 g/mol. The van der Waals surface area contributed by atoms with Crippen molar-refractivity contribution in [3.8, 4) is 11.4 Å². The summed E-state index contributed by atoms with van der Waals surface area (Å²) in [5.74, 6) is 0.856. The molecule has 1 aliphatic carbocycles. The second-order valence-corrected chi connectivity index (χ2v) is 10.9.